The van der Waals surface area contributed by atoms with Crippen LogP contribution in [0.5, 0.6) is 0 Å². The van der Waals surface area contributed by atoms with Crippen LogP contribution in [0, 0.1) is 6.92 Å². The fourth-order valence-electron chi connectivity index (χ4n) is 3.87. The number of fused-ring (bicyclic) bond motifs is 2. The summed E-state index contributed by atoms with van der Waals surface area (Å²) in [5, 5.41) is 0. The molecule has 137 valence electrons. The number of hydrogen-bond acceptors (Lipinski definition) is 3. The molecule has 6 heteroatoms. The van der Waals surface area contributed by atoms with Crippen LogP contribution in [0.2, 0.25) is 0 Å². The predicted molar refractivity (Wildman–Crippen MR) is 106 cm³/mol. The van der Waals surface area contributed by atoms with Gasteiger partial charge in [-0.2, -0.15) is 0 Å². The SMILES string of the molecule is [CH2]CCCn1c(Cn2c(=O)n(C3CC3)c3ccncc32)nc2ccccc21. The van der Waals surface area contributed by atoms with Crippen LogP contribution in [-0.4, -0.2) is 23.7 Å². The van der Waals surface area contributed by atoms with Crippen molar-refractivity contribution in [1.82, 2.24) is 23.7 Å². The fraction of sp³-hybridized carbons (Fsp3) is 0.333. The van der Waals surface area contributed by atoms with Crippen LogP contribution in [0.15, 0.2) is 47.5 Å². The molecule has 0 unspecified atom stereocenters. The van der Waals surface area contributed by atoms with Crippen molar-refractivity contribution in [2.24, 2.45) is 0 Å². The highest BCUT2D eigenvalue weighted by Crippen LogP contribution is 2.36. The molecular weight excluding hydrogens is 338 g/mol. The van der Waals surface area contributed by atoms with Crippen LogP contribution in [-0.2, 0) is 13.1 Å². The molecule has 1 radical (unpaired) electrons. The van der Waals surface area contributed by atoms with Gasteiger partial charge in [0.2, 0.25) is 0 Å². The number of imidazole rings is 2. The van der Waals surface area contributed by atoms with Gasteiger partial charge >= 0.3 is 5.69 Å². The Labute approximate surface area is 157 Å². The molecule has 1 aromatic carbocycles. The lowest BCUT2D eigenvalue weighted by atomic mass is 10.3. The molecule has 4 aromatic rings. The Hall–Kier alpha value is -2.89. The first kappa shape index (κ1) is 16.3. The summed E-state index contributed by atoms with van der Waals surface area (Å²) in [5.41, 5.74) is 3.96. The van der Waals surface area contributed by atoms with E-state index in [1.165, 1.54) is 0 Å². The highest BCUT2D eigenvalue weighted by molar-refractivity contribution is 5.77. The van der Waals surface area contributed by atoms with Crippen LogP contribution < -0.4 is 5.69 Å². The molecule has 6 nitrogen and oxygen atoms in total. The second kappa shape index (κ2) is 6.37. The molecule has 1 aliphatic rings. The number of hydrogen-bond donors (Lipinski definition) is 0. The van der Waals surface area contributed by atoms with Gasteiger partial charge in [-0.15, -0.1) is 0 Å². The summed E-state index contributed by atoms with van der Waals surface area (Å²) in [6, 6.07) is 10.4. The van der Waals surface area contributed by atoms with Gasteiger partial charge < -0.3 is 4.57 Å². The average molecular weight is 360 g/mol. The molecule has 5 rings (SSSR count). The molecule has 27 heavy (non-hydrogen) atoms. The number of nitrogens with zero attached hydrogens (tertiary/aromatic N) is 5. The third-order valence-electron chi connectivity index (χ3n) is 5.34. The minimum atomic E-state index is 0.0382. The van der Waals surface area contributed by atoms with Crippen LogP contribution in [0.3, 0.4) is 0 Å². The van der Waals surface area contributed by atoms with Gasteiger partial charge in [0.1, 0.15) is 5.82 Å². The highest BCUT2D eigenvalue weighted by atomic mass is 16.1. The summed E-state index contributed by atoms with van der Waals surface area (Å²) in [6.45, 7) is 5.27. The lowest BCUT2D eigenvalue weighted by Crippen LogP contribution is -2.25. The molecule has 0 atom stereocenters. The second-order valence-corrected chi connectivity index (χ2v) is 7.21. The maximum Gasteiger partial charge on any atom is 0.329 e. The molecule has 1 saturated carbocycles. The number of pyridine rings is 1. The number of aromatic nitrogens is 5. The predicted octanol–water partition coefficient (Wildman–Crippen LogP) is 3.55. The summed E-state index contributed by atoms with van der Waals surface area (Å²) in [4.78, 5) is 22.3. The van der Waals surface area contributed by atoms with Crippen molar-refractivity contribution in [3.63, 3.8) is 0 Å². The Balaban J connectivity index is 1.66. The summed E-state index contributed by atoms with van der Waals surface area (Å²) in [5.74, 6) is 0.908. The van der Waals surface area contributed by atoms with Gasteiger partial charge in [-0.1, -0.05) is 25.5 Å². The van der Waals surface area contributed by atoms with Crippen LogP contribution in [0.25, 0.3) is 22.1 Å². The van der Waals surface area contributed by atoms with E-state index in [0.29, 0.717) is 12.6 Å². The summed E-state index contributed by atoms with van der Waals surface area (Å²) < 4.78 is 5.98. The lowest BCUT2D eigenvalue weighted by Gasteiger charge is -2.09. The largest absolute Gasteiger partial charge is 0.329 e. The van der Waals surface area contributed by atoms with Gasteiger partial charge in [0, 0.05) is 18.8 Å². The van der Waals surface area contributed by atoms with Gasteiger partial charge in [0.25, 0.3) is 0 Å². The van der Waals surface area contributed by atoms with Crippen molar-refractivity contribution < 1.29 is 0 Å². The average Bonchev–Trinajstić information content (AvgIpc) is 3.41. The van der Waals surface area contributed by atoms with Crippen LogP contribution >= 0.6 is 0 Å². The number of rotatable bonds is 6. The molecule has 1 fully saturated rings. The summed E-state index contributed by atoms with van der Waals surface area (Å²) in [6.07, 6.45) is 7.55. The van der Waals surface area contributed by atoms with Gasteiger partial charge in [-0.3, -0.25) is 14.1 Å². The van der Waals surface area contributed by atoms with E-state index < -0.39 is 0 Å². The van der Waals surface area contributed by atoms with Crippen molar-refractivity contribution in [2.45, 2.75) is 44.8 Å². The minimum absolute atomic E-state index is 0.0382. The molecule has 3 aromatic heterocycles. The minimum Gasteiger partial charge on any atom is -0.326 e. The molecule has 0 amide bonds. The standard InChI is InChI=1S/C21H22N5O/c1-2-3-12-24-17-7-5-4-6-16(17)23-20(24)14-25-19-13-22-11-10-18(19)26(21(25)27)15-8-9-15/h4-7,10-11,13,15H,1-3,8-9,12,14H2. The van der Waals surface area contributed by atoms with Crippen LogP contribution in [0.1, 0.15) is 37.5 Å². The van der Waals surface area contributed by atoms with E-state index in [-0.39, 0.29) is 5.69 Å². The summed E-state index contributed by atoms with van der Waals surface area (Å²) in [7, 11) is 0. The first-order chi connectivity index (χ1) is 13.3. The fourth-order valence-corrected chi connectivity index (χ4v) is 3.87. The van der Waals surface area contributed by atoms with E-state index in [1.54, 1.807) is 12.4 Å². The molecule has 0 aliphatic heterocycles. The van der Waals surface area contributed by atoms with E-state index >= 15 is 0 Å². The molecule has 0 N–H and O–H groups in total. The maximum absolute atomic E-state index is 13.2. The number of unbranched alkanes of at least 4 members (excludes halogenated alkanes) is 1. The third-order valence-corrected chi connectivity index (χ3v) is 5.34. The third kappa shape index (κ3) is 2.67. The van der Waals surface area contributed by atoms with E-state index in [0.717, 1.165) is 60.1 Å². The Morgan fingerprint density at radius 2 is 1.93 bits per heavy atom. The van der Waals surface area contributed by atoms with Crippen molar-refractivity contribution >= 4 is 22.1 Å². The Morgan fingerprint density at radius 3 is 2.74 bits per heavy atom. The molecular formula is C21H22N5O. The second-order valence-electron chi connectivity index (χ2n) is 7.21. The van der Waals surface area contributed by atoms with Gasteiger partial charge in [0.15, 0.2) is 0 Å². The van der Waals surface area contributed by atoms with Gasteiger partial charge in [-0.05, 0) is 37.5 Å². The first-order valence-corrected chi connectivity index (χ1v) is 9.56. The zero-order chi connectivity index (χ0) is 18.4. The van der Waals surface area contributed by atoms with Crippen molar-refractivity contribution in [3.05, 3.63) is 66.0 Å². The number of para-hydroxylation sites is 2. The molecule has 0 spiro atoms. The molecule has 1 aliphatic carbocycles. The Morgan fingerprint density at radius 1 is 1.07 bits per heavy atom. The topological polar surface area (TPSA) is 57.6 Å². The Bertz CT molecular complexity index is 1180. The lowest BCUT2D eigenvalue weighted by molar-refractivity contribution is 0.596. The van der Waals surface area contributed by atoms with Crippen molar-refractivity contribution in [3.8, 4) is 0 Å². The highest BCUT2D eigenvalue weighted by Gasteiger charge is 2.29. The number of benzene rings is 1. The smallest absolute Gasteiger partial charge is 0.326 e. The first-order valence-electron chi connectivity index (χ1n) is 9.56. The van der Waals surface area contributed by atoms with Crippen LogP contribution in [0.4, 0.5) is 0 Å². The van der Waals surface area contributed by atoms with E-state index in [1.807, 2.05) is 33.4 Å². The monoisotopic (exact) mass is 360 g/mol. The Kier molecular flexibility index (Phi) is 3.85. The molecule has 0 bridgehead atoms. The zero-order valence-corrected chi connectivity index (χ0v) is 15.2. The number of aryl methyl sites for hydroxylation is 1. The van der Waals surface area contributed by atoms with Gasteiger partial charge in [0.05, 0.1) is 34.8 Å². The van der Waals surface area contributed by atoms with Crippen molar-refractivity contribution in [1.29, 1.82) is 0 Å². The van der Waals surface area contributed by atoms with Gasteiger partial charge in [-0.25, -0.2) is 9.78 Å². The zero-order valence-electron chi connectivity index (χ0n) is 15.2. The quantitative estimate of drug-likeness (QED) is 0.528. The molecule has 0 saturated heterocycles. The van der Waals surface area contributed by atoms with E-state index in [9.17, 15) is 4.79 Å². The normalized spacial score (nSPS) is 14.4. The maximum atomic E-state index is 13.2. The summed E-state index contributed by atoms with van der Waals surface area (Å²) >= 11 is 0. The van der Waals surface area contributed by atoms with E-state index in [4.69, 9.17) is 4.98 Å². The van der Waals surface area contributed by atoms with Crippen molar-refractivity contribution in [2.75, 3.05) is 0 Å². The molecule has 3 heterocycles. The van der Waals surface area contributed by atoms with E-state index in [2.05, 4.69) is 22.5 Å².